The summed E-state index contributed by atoms with van der Waals surface area (Å²) in [7, 11) is 2.95. The van der Waals surface area contributed by atoms with E-state index in [-0.39, 0.29) is 17.0 Å². The Bertz CT molecular complexity index is 1090. The first-order valence-electron chi connectivity index (χ1n) is 7.66. The lowest BCUT2D eigenvalue weighted by Crippen LogP contribution is -2.34. The SMILES string of the molecule is CN(C(=O)c1c(O)c2ccccc2n(C)c1=O)c1ccc([N+](=O)[O-])cc1. The zero-order chi connectivity index (χ0) is 19.0. The molecule has 8 nitrogen and oxygen atoms in total. The van der Waals surface area contributed by atoms with Gasteiger partial charge in [-0.3, -0.25) is 19.7 Å². The lowest BCUT2D eigenvalue weighted by molar-refractivity contribution is -0.384. The average Bonchev–Trinajstić information content (AvgIpc) is 2.65. The summed E-state index contributed by atoms with van der Waals surface area (Å²) in [5, 5.41) is 21.6. The van der Waals surface area contributed by atoms with Crippen LogP contribution >= 0.6 is 0 Å². The number of amides is 1. The summed E-state index contributed by atoms with van der Waals surface area (Å²) in [5.41, 5.74) is -0.231. The molecule has 1 N–H and O–H groups in total. The monoisotopic (exact) mass is 353 g/mol. The highest BCUT2D eigenvalue weighted by Gasteiger charge is 2.24. The van der Waals surface area contributed by atoms with E-state index in [0.717, 1.165) is 4.90 Å². The van der Waals surface area contributed by atoms with Gasteiger partial charge in [0.05, 0.1) is 10.4 Å². The molecular weight excluding hydrogens is 338 g/mol. The molecule has 0 atom stereocenters. The van der Waals surface area contributed by atoms with Crippen molar-refractivity contribution in [3.05, 3.63) is 74.6 Å². The summed E-state index contributed by atoms with van der Waals surface area (Å²) in [6.45, 7) is 0. The molecule has 0 aliphatic rings. The maximum atomic E-state index is 12.8. The van der Waals surface area contributed by atoms with Crippen LogP contribution in [0.1, 0.15) is 10.4 Å². The molecule has 8 heteroatoms. The molecule has 1 heterocycles. The van der Waals surface area contributed by atoms with Gasteiger partial charge < -0.3 is 14.6 Å². The predicted molar refractivity (Wildman–Crippen MR) is 96.7 cm³/mol. The van der Waals surface area contributed by atoms with Gasteiger partial charge in [0.15, 0.2) is 0 Å². The number of nitro groups is 1. The van der Waals surface area contributed by atoms with Gasteiger partial charge in [0.25, 0.3) is 17.2 Å². The van der Waals surface area contributed by atoms with E-state index in [2.05, 4.69) is 0 Å². The van der Waals surface area contributed by atoms with Crippen molar-refractivity contribution in [1.29, 1.82) is 0 Å². The minimum atomic E-state index is -0.706. The molecule has 0 spiro atoms. The number of nitrogens with zero attached hydrogens (tertiary/aromatic N) is 3. The van der Waals surface area contributed by atoms with Crippen molar-refractivity contribution in [3.63, 3.8) is 0 Å². The maximum absolute atomic E-state index is 12.8. The number of pyridine rings is 1. The van der Waals surface area contributed by atoms with E-state index in [1.165, 1.54) is 42.9 Å². The molecule has 1 aromatic heterocycles. The fraction of sp³-hybridized carbons (Fsp3) is 0.111. The first-order valence-corrected chi connectivity index (χ1v) is 7.66. The van der Waals surface area contributed by atoms with Gasteiger partial charge >= 0.3 is 0 Å². The number of benzene rings is 2. The molecule has 0 fully saturated rings. The topological polar surface area (TPSA) is 106 Å². The molecule has 0 saturated heterocycles. The van der Waals surface area contributed by atoms with Crippen LogP contribution in [0.15, 0.2) is 53.3 Å². The fourth-order valence-electron chi connectivity index (χ4n) is 2.76. The Kier molecular flexibility index (Phi) is 4.17. The number of hydrogen-bond acceptors (Lipinski definition) is 5. The number of aromatic hydroxyl groups is 1. The molecule has 132 valence electrons. The van der Waals surface area contributed by atoms with Crippen molar-refractivity contribution in [2.75, 3.05) is 11.9 Å². The van der Waals surface area contributed by atoms with Crippen molar-refractivity contribution in [2.45, 2.75) is 0 Å². The molecular formula is C18H15N3O5. The van der Waals surface area contributed by atoms with Crippen molar-refractivity contribution < 1.29 is 14.8 Å². The van der Waals surface area contributed by atoms with Crippen LogP contribution in [-0.4, -0.2) is 27.6 Å². The highest BCUT2D eigenvalue weighted by atomic mass is 16.6. The Morgan fingerprint density at radius 1 is 1.15 bits per heavy atom. The molecule has 0 aliphatic heterocycles. The summed E-state index contributed by atoms with van der Waals surface area (Å²) in [6.07, 6.45) is 0. The largest absolute Gasteiger partial charge is 0.506 e. The second-order valence-electron chi connectivity index (χ2n) is 5.74. The molecule has 0 unspecified atom stereocenters. The molecule has 26 heavy (non-hydrogen) atoms. The molecule has 1 amide bonds. The quantitative estimate of drug-likeness (QED) is 0.575. The number of aryl methyl sites for hydroxylation is 1. The van der Waals surface area contributed by atoms with Crippen molar-refractivity contribution in [2.24, 2.45) is 7.05 Å². The molecule has 0 bridgehead atoms. The zero-order valence-electron chi connectivity index (χ0n) is 14.0. The van der Waals surface area contributed by atoms with Crippen LogP contribution in [0.5, 0.6) is 5.75 Å². The lowest BCUT2D eigenvalue weighted by atomic mass is 10.1. The van der Waals surface area contributed by atoms with E-state index >= 15 is 0 Å². The normalized spacial score (nSPS) is 10.7. The van der Waals surface area contributed by atoms with Gasteiger partial charge in [0, 0.05) is 37.3 Å². The number of nitro benzene ring substituents is 1. The van der Waals surface area contributed by atoms with Gasteiger partial charge in [0.2, 0.25) is 0 Å². The number of carbonyl (C=O) groups is 1. The molecule has 3 rings (SSSR count). The van der Waals surface area contributed by atoms with Crippen molar-refractivity contribution in [1.82, 2.24) is 4.57 Å². The number of rotatable bonds is 3. The summed E-state index contributed by atoms with van der Waals surface area (Å²) >= 11 is 0. The first kappa shape index (κ1) is 17.2. The minimum Gasteiger partial charge on any atom is -0.506 e. The maximum Gasteiger partial charge on any atom is 0.269 e. The summed E-state index contributed by atoms with van der Waals surface area (Å²) in [6, 6.07) is 12.0. The summed E-state index contributed by atoms with van der Waals surface area (Å²) in [4.78, 5) is 36.8. The van der Waals surface area contributed by atoms with E-state index in [1.54, 1.807) is 24.3 Å². The lowest BCUT2D eigenvalue weighted by Gasteiger charge is -2.19. The third kappa shape index (κ3) is 2.67. The highest BCUT2D eigenvalue weighted by Crippen LogP contribution is 2.28. The average molecular weight is 353 g/mol. The second kappa shape index (κ2) is 6.32. The van der Waals surface area contributed by atoms with E-state index in [0.29, 0.717) is 16.6 Å². The van der Waals surface area contributed by atoms with Crippen LogP contribution < -0.4 is 10.5 Å². The van der Waals surface area contributed by atoms with Gasteiger partial charge in [-0.25, -0.2) is 0 Å². The molecule has 3 aromatic rings. The van der Waals surface area contributed by atoms with Crippen LogP contribution in [-0.2, 0) is 7.05 Å². The Hall–Kier alpha value is -3.68. The van der Waals surface area contributed by atoms with Gasteiger partial charge in [-0.2, -0.15) is 0 Å². The number of non-ortho nitro benzene ring substituents is 1. The van der Waals surface area contributed by atoms with Crippen molar-refractivity contribution in [3.8, 4) is 5.75 Å². The summed E-state index contributed by atoms with van der Waals surface area (Å²) in [5.74, 6) is -1.09. The van der Waals surface area contributed by atoms with Crippen LogP contribution in [0.3, 0.4) is 0 Å². The standard InChI is InChI=1S/C18H15N3O5/c1-19(11-7-9-12(10-8-11)21(25)26)17(23)15-16(22)13-5-3-4-6-14(13)20(2)18(15)24/h3-10,22H,1-2H3. The molecule has 0 radical (unpaired) electrons. The zero-order valence-corrected chi connectivity index (χ0v) is 14.0. The number of anilines is 1. The third-order valence-electron chi connectivity index (χ3n) is 4.24. The second-order valence-corrected chi connectivity index (χ2v) is 5.74. The third-order valence-corrected chi connectivity index (χ3v) is 4.24. The summed E-state index contributed by atoms with van der Waals surface area (Å²) < 4.78 is 1.30. The number of carbonyl (C=O) groups excluding carboxylic acids is 1. The molecule has 0 saturated carbocycles. The van der Waals surface area contributed by atoms with Crippen LogP contribution in [0.2, 0.25) is 0 Å². The van der Waals surface area contributed by atoms with Crippen LogP contribution in [0, 0.1) is 10.1 Å². The van der Waals surface area contributed by atoms with E-state index in [9.17, 15) is 24.8 Å². The number of aromatic nitrogens is 1. The highest BCUT2D eigenvalue weighted by molar-refractivity contribution is 6.10. The van der Waals surface area contributed by atoms with E-state index in [1.807, 2.05) is 0 Å². The Morgan fingerprint density at radius 2 is 1.77 bits per heavy atom. The number of fused-ring (bicyclic) bond motifs is 1. The van der Waals surface area contributed by atoms with Gasteiger partial charge in [-0.15, -0.1) is 0 Å². The fourth-order valence-corrected chi connectivity index (χ4v) is 2.76. The molecule has 2 aromatic carbocycles. The van der Waals surface area contributed by atoms with E-state index in [4.69, 9.17) is 0 Å². The predicted octanol–water partition coefficient (Wildman–Crippen LogP) is 2.43. The van der Waals surface area contributed by atoms with E-state index < -0.39 is 16.4 Å². The van der Waals surface area contributed by atoms with Crippen LogP contribution in [0.25, 0.3) is 10.9 Å². The first-order chi connectivity index (χ1) is 12.3. The minimum absolute atomic E-state index is 0.112. The number of para-hydroxylation sites is 1. The molecule has 0 aliphatic carbocycles. The van der Waals surface area contributed by atoms with Crippen LogP contribution in [0.4, 0.5) is 11.4 Å². The Balaban J connectivity index is 2.10. The van der Waals surface area contributed by atoms with Gasteiger partial charge in [0.1, 0.15) is 11.3 Å². The van der Waals surface area contributed by atoms with Gasteiger partial charge in [-0.1, -0.05) is 12.1 Å². The Labute approximate surface area is 147 Å². The van der Waals surface area contributed by atoms with Gasteiger partial charge in [-0.05, 0) is 24.3 Å². The number of hydrogen-bond donors (Lipinski definition) is 1. The van der Waals surface area contributed by atoms with Crippen molar-refractivity contribution >= 4 is 28.2 Å². The smallest absolute Gasteiger partial charge is 0.269 e. The Morgan fingerprint density at radius 3 is 2.38 bits per heavy atom.